The Morgan fingerprint density at radius 1 is 1.27 bits per heavy atom. The summed E-state index contributed by atoms with van der Waals surface area (Å²) in [6.07, 6.45) is 0. The molecule has 0 aromatic heterocycles. The zero-order valence-corrected chi connectivity index (χ0v) is 8.21. The molecule has 0 aromatic carbocycles. The summed E-state index contributed by atoms with van der Waals surface area (Å²) in [5.41, 5.74) is 10.3. The maximum absolute atomic E-state index is 10.8. The lowest BCUT2D eigenvalue weighted by Crippen LogP contribution is -2.39. The third kappa shape index (κ3) is 5.27. The zero-order valence-electron chi connectivity index (χ0n) is 8.21. The molecule has 0 radical (unpaired) electrons. The molecular weight excluding hydrogens is 208 g/mol. The highest BCUT2D eigenvalue weighted by Gasteiger charge is 2.18. The standard InChI is InChI=1S/C7H14N2O6/c1-13-6(11)5(9)3-14-15-7(12)4(8)2-10/h4-5,10H,2-3,8-9H2,1H3/t4-,5-/m1/s1. The fourth-order valence-corrected chi connectivity index (χ4v) is 0.521. The van der Waals surface area contributed by atoms with Crippen molar-refractivity contribution in [1.82, 2.24) is 0 Å². The molecule has 2 atom stereocenters. The summed E-state index contributed by atoms with van der Waals surface area (Å²) in [5.74, 6) is -1.65. The van der Waals surface area contributed by atoms with E-state index in [0.29, 0.717) is 0 Å². The van der Waals surface area contributed by atoms with Gasteiger partial charge in [-0.1, -0.05) is 0 Å². The van der Waals surface area contributed by atoms with Crippen LogP contribution in [0.15, 0.2) is 0 Å². The van der Waals surface area contributed by atoms with Crippen molar-refractivity contribution in [2.45, 2.75) is 12.1 Å². The predicted molar refractivity (Wildman–Crippen MR) is 47.1 cm³/mol. The van der Waals surface area contributed by atoms with Gasteiger partial charge in [-0.15, -0.1) is 0 Å². The van der Waals surface area contributed by atoms with Gasteiger partial charge in [0.1, 0.15) is 18.7 Å². The summed E-state index contributed by atoms with van der Waals surface area (Å²) < 4.78 is 4.29. The molecule has 0 rings (SSSR count). The minimum Gasteiger partial charge on any atom is -0.468 e. The van der Waals surface area contributed by atoms with Gasteiger partial charge in [0.25, 0.3) is 0 Å². The molecular formula is C7H14N2O6. The molecule has 8 nitrogen and oxygen atoms in total. The molecule has 0 amide bonds. The fraction of sp³-hybridized carbons (Fsp3) is 0.714. The van der Waals surface area contributed by atoms with Crippen LogP contribution in [0.4, 0.5) is 0 Å². The molecule has 0 saturated heterocycles. The third-order valence-corrected chi connectivity index (χ3v) is 1.39. The van der Waals surface area contributed by atoms with Gasteiger partial charge < -0.3 is 21.3 Å². The van der Waals surface area contributed by atoms with Gasteiger partial charge in [0.2, 0.25) is 0 Å². The molecule has 5 N–H and O–H groups in total. The molecule has 0 spiro atoms. The van der Waals surface area contributed by atoms with Gasteiger partial charge in [-0.05, 0) is 0 Å². The van der Waals surface area contributed by atoms with Gasteiger partial charge in [-0.3, -0.25) is 9.68 Å². The average Bonchev–Trinajstić information content (AvgIpc) is 2.26. The number of hydrogen-bond donors (Lipinski definition) is 3. The van der Waals surface area contributed by atoms with E-state index in [2.05, 4.69) is 14.5 Å². The monoisotopic (exact) mass is 222 g/mol. The Labute approximate surface area is 86.0 Å². The maximum atomic E-state index is 10.8. The van der Waals surface area contributed by atoms with Crippen molar-refractivity contribution < 1.29 is 29.2 Å². The van der Waals surface area contributed by atoms with E-state index in [-0.39, 0.29) is 6.61 Å². The first-order valence-corrected chi connectivity index (χ1v) is 4.06. The van der Waals surface area contributed by atoms with Crippen molar-refractivity contribution in [3.8, 4) is 0 Å². The van der Waals surface area contributed by atoms with Crippen molar-refractivity contribution in [1.29, 1.82) is 0 Å². The number of nitrogens with two attached hydrogens (primary N) is 2. The molecule has 0 heterocycles. The molecule has 0 saturated carbocycles. The van der Waals surface area contributed by atoms with Crippen molar-refractivity contribution >= 4 is 11.9 Å². The van der Waals surface area contributed by atoms with Crippen LogP contribution in [-0.4, -0.2) is 49.5 Å². The zero-order chi connectivity index (χ0) is 11.8. The molecule has 15 heavy (non-hydrogen) atoms. The third-order valence-electron chi connectivity index (χ3n) is 1.39. The van der Waals surface area contributed by atoms with Gasteiger partial charge in [0.05, 0.1) is 13.7 Å². The van der Waals surface area contributed by atoms with Crippen LogP contribution in [0.25, 0.3) is 0 Å². The molecule has 88 valence electrons. The lowest BCUT2D eigenvalue weighted by molar-refractivity contribution is -0.275. The highest BCUT2D eigenvalue weighted by Crippen LogP contribution is 1.90. The Morgan fingerprint density at radius 3 is 2.33 bits per heavy atom. The Morgan fingerprint density at radius 2 is 1.87 bits per heavy atom. The number of aliphatic hydroxyl groups excluding tert-OH is 1. The Bertz CT molecular complexity index is 222. The molecule has 8 heteroatoms. The summed E-state index contributed by atoms with van der Waals surface area (Å²) in [7, 11) is 1.16. The number of hydrogen-bond acceptors (Lipinski definition) is 8. The Balaban J connectivity index is 3.70. The van der Waals surface area contributed by atoms with Gasteiger partial charge in [0, 0.05) is 0 Å². The lowest BCUT2D eigenvalue weighted by Gasteiger charge is -2.10. The maximum Gasteiger partial charge on any atom is 0.361 e. The number of methoxy groups -OCH3 is 1. The minimum atomic E-state index is -1.18. The van der Waals surface area contributed by atoms with Crippen molar-refractivity contribution in [3.63, 3.8) is 0 Å². The molecule has 0 bridgehead atoms. The number of carbonyl (C=O) groups excluding carboxylic acids is 2. The topological polar surface area (TPSA) is 134 Å². The first-order chi connectivity index (χ1) is 7.02. The molecule has 0 aliphatic heterocycles. The van der Waals surface area contributed by atoms with Gasteiger partial charge in [-0.25, -0.2) is 4.79 Å². The second-order valence-electron chi connectivity index (χ2n) is 2.61. The lowest BCUT2D eigenvalue weighted by atomic mass is 10.3. The van der Waals surface area contributed by atoms with Crippen molar-refractivity contribution in [2.75, 3.05) is 20.3 Å². The fourth-order valence-electron chi connectivity index (χ4n) is 0.521. The first-order valence-electron chi connectivity index (χ1n) is 4.06. The SMILES string of the molecule is COC(=O)[C@H](N)COOC(=O)[C@H](N)CO. The number of esters is 1. The van der Waals surface area contributed by atoms with E-state index < -0.39 is 30.6 Å². The van der Waals surface area contributed by atoms with Crippen LogP contribution in [-0.2, 0) is 24.1 Å². The van der Waals surface area contributed by atoms with Gasteiger partial charge in [0.15, 0.2) is 0 Å². The van der Waals surface area contributed by atoms with Crippen LogP contribution in [0.2, 0.25) is 0 Å². The van der Waals surface area contributed by atoms with Crippen LogP contribution in [0.5, 0.6) is 0 Å². The highest BCUT2D eigenvalue weighted by molar-refractivity contribution is 5.76. The van der Waals surface area contributed by atoms with E-state index in [1.807, 2.05) is 0 Å². The van der Waals surface area contributed by atoms with Crippen molar-refractivity contribution in [3.05, 3.63) is 0 Å². The van der Waals surface area contributed by atoms with E-state index >= 15 is 0 Å². The minimum absolute atomic E-state index is 0.351. The van der Waals surface area contributed by atoms with Crippen molar-refractivity contribution in [2.24, 2.45) is 11.5 Å². The highest BCUT2D eigenvalue weighted by atomic mass is 17.2. The normalized spacial score (nSPS) is 14.1. The molecule has 0 unspecified atom stereocenters. The van der Waals surface area contributed by atoms with Crippen LogP contribution in [0, 0.1) is 0 Å². The van der Waals surface area contributed by atoms with Crippen LogP contribution in [0.1, 0.15) is 0 Å². The Hall–Kier alpha value is -1.22. The second-order valence-corrected chi connectivity index (χ2v) is 2.61. The van der Waals surface area contributed by atoms with Crippen LogP contribution in [0.3, 0.4) is 0 Å². The van der Waals surface area contributed by atoms with E-state index in [9.17, 15) is 9.59 Å². The Kier molecular flexibility index (Phi) is 6.54. The number of aliphatic hydroxyl groups is 1. The van der Waals surface area contributed by atoms with E-state index in [1.54, 1.807) is 0 Å². The summed E-state index contributed by atoms with van der Waals surface area (Å²) in [6.45, 7) is -0.915. The van der Waals surface area contributed by atoms with E-state index in [0.717, 1.165) is 7.11 Å². The van der Waals surface area contributed by atoms with Gasteiger partial charge >= 0.3 is 11.9 Å². The summed E-state index contributed by atoms with van der Waals surface area (Å²) >= 11 is 0. The molecule has 0 aliphatic rings. The second kappa shape index (κ2) is 7.12. The quantitative estimate of drug-likeness (QED) is 0.251. The number of carbonyl (C=O) groups is 2. The number of ether oxygens (including phenoxy) is 1. The van der Waals surface area contributed by atoms with Crippen LogP contribution < -0.4 is 11.5 Å². The number of rotatable bonds is 6. The summed E-state index contributed by atoms with van der Waals surface area (Å²) in [5, 5.41) is 8.46. The molecule has 0 aromatic rings. The molecule has 0 aliphatic carbocycles. The largest absolute Gasteiger partial charge is 0.468 e. The predicted octanol–water partition coefficient (Wildman–Crippen LogP) is -2.72. The summed E-state index contributed by atoms with van der Waals surface area (Å²) in [4.78, 5) is 30.0. The first kappa shape index (κ1) is 13.8. The molecule has 0 fully saturated rings. The van der Waals surface area contributed by atoms with E-state index in [4.69, 9.17) is 16.6 Å². The van der Waals surface area contributed by atoms with Crippen LogP contribution >= 0.6 is 0 Å². The van der Waals surface area contributed by atoms with E-state index in [1.165, 1.54) is 0 Å². The average molecular weight is 222 g/mol. The smallest absolute Gasteiger partial charge is 0.361 e. The summed E-state index contributed by atoms with van der Waals surface area (Å²) in [6, 6.07) is -2.23. The van der Waals surface area contributed by atoms with Gasteiger partial charge in [-0.2, -0.15) is 4.89 Å².